The highest BCUT2D eigenvalue weighted by Crippen LogP contribution is 2.33. The first kappa shape index (κ1) is 29.3. The molecule has 35 heavy (non-hydrogen) atoms. The van der Waals surface area contributed by atoms with E-state index in [2.05, 4.69) is 5.32 Å². The summed E-state index contributed by atoms with van der Waals surface area (Å²) in [4.78, 5) is 24.5. The Morgan fingerprint density at radius 1 is 1.20 bits per heavy atom. The summed E-state index contributed by atoms with van der Waals surface area (Å²) in [6.45, 7) is 1.60. The number of benzene rings is 1. The highest BCUT2D eigenvalue weighted by Gasteiger charge is 2.51. The van der Waals surface area contributed by atoms with E-state index in [-0.39, 0.29) is 11.0 Å². The Balaban J connectivity index is 1.92. The molecule has 0 saturated carbocycles. The Morgan fingerprint density at radius 2 is 1.83 bits per heavy atom. The standard InChI is InChI=1S/C23H31F5N2O4S/c1-13(2)17(20(32)23(27,28)21(33)30-12-22(24,25)26)9-19(31)18-8-16(10-29-18)35-11-14-4-6-15(34-3)7-5-14/h4-7,13,16-18,20,29,32H,8-12H2,1-3H3,(H,30,33)/t16-,17+,18+,20-/m1/s1. The van der Waals surface area contributed by atoms with Crippen LogP contribution in [0.2, 0.25) is 0 Å². The predicted octanol–water partition coefficient (Wildman–Crippen LogP) is 3.57. The second-order valence-corrected chi connectivity index (χ2v) is 10.2. The molecular formula is C23H31F5N2O4S. The molecule has 1 saturated heterocycles. The molecule has 4 atom stereocenters. The number of alkyl halides is 5. The Bertz CT molecular complexity index is 851. The van der Waals surface area contributed by atoms with Gasteiger partial charge in [0.15, 0.2) is 0 Å². The van der Waals surface area contributed by atoms with E-state index in [1.165, 1.54) is 13.8 Å². The highest BCUT2D eigenvalue weighted by atomic mass is 32.2. The third kappa shape index (κ3) is 8.60. The summed E-state index contributed by atoms with van der Waals surface area (Å²) in [6.07, 6.45) is -7.45. The van der Waals surface area contributed by atoms with Crippen molar-refractivity contribution in [2.75, 3.05) is 20.2 Å². The number of aliphatic hydroxyl groups excluding tert-OH is 1. The second-order valence-electron chi connectivity index (χ2n) is 8.92. The number of carbonyl (C=O) groups is 2. The molecule has 12 heteroatoms. The predicted molar refractivity (Wildman–Crippen MR) is 122 cm³/mol. The van der Waals surface area contributed by atoms with Crippen molar-refractivity contribution in [1.82, 2.24) is 10.6 Å². The van der Waals surface area contributed by atoms with Gasteiger partial charge in [0.25, 0.3) is 5.91 Å². The van der Waals surface area contributed by atoms with Crippen LogP contribution in [0.15, 0.2) is 24.3 Å². The van der Waals surface area contributed by atoms with E-state index in [1.54, 1.807) is 18.9 Å². The highest BCUT2D eigenvalue weighted by molar-refractivity contribution is 7.99. The molecule has 1 amide bonds. The summed E-state index contributed by atoms with van der Waals surface area (Å²) < 4.78 is 70.8. The van der Waals surface area contributed by atoms with E-state index in [0.717, 1.165) is 16.6 Å². The molecule has 1 aromatic rings. The first-order valence-electron chi connectivity index (χ1n) is 11.2. The molecule has 1 aliphatic rings. The number of Topliss-reactive ketones (excluding diaryl/α,β-unsaturated/α-hetero) is 1. The Kier molecular flexibility index (Phi) is 10.3. The van der Waals surface area contributed by atoms with Crippen LogP contribution in [-0.2, 0) is 15.3 Å². The minimum absolute atomic E-state index is 0.114. The molecule has 6 nitrogen and oxygen atoms in total. The average Bonchev–Trinajstić information content (AvgIpc) is 3.27. The lowest BCUT2D eigenvalue weighted by atomic mass is 9.81. The molecule has 1 heterocycles. The lowest BCUT2D eigenvalue weighted by Gasteiger charge is -2.31. The van der Waals surface area contributed by atoms with Crippen molar-refractivity contribution in [2.45, 2.75) is 61.9 Å². The smallest absolute Gasteiger partial charge is 0.405 e. The molecule has 0 bridgehead atoms. The van der Waals surface area contributed by atoms with Crippen LogP contribution >= 0.6 is 11.8 Å². The maximum absolute atomic E-state index is 14.4. The molecule has 0 aliphatic carbocycles. The van der Waals surface area contributed by atoms with Crippen LogP contribution in [0, 0.1) is 11.8 Å². The number of rotatable bonds is 12. The molecule has 0 aromatic heterocycles. The van der Waals surface area contributed by atoms with Gasteiger partial charge in [-0.3, -0.25) is 9.59 Å². The zero-order chi connectivity index (χ0) is 26.4. The van der Waals surface area contributed by atoms with E-state index in [4.69, 9.17) is 4.74 Å². The van der Waals surface area contributed by atoms with Gasteiger partial charge < -0.3 is 20.5 Å². The second kappa shape index (κ2) is 12.4. The quantitative estimate of drug-likeness (QED) is 0.361. The molecule has 1 aliphatic heterocycles. The number of halogens is 5. The van der Waals surface area contributed by atoms with Crippen molar-refractivity contribution >= 4 is 23.5 Å². The number of carbonyl (C=O) groups excluding carboxylic acids is 2. The van der Waals surface area contributed by atoms with Crippen molar-refractivity contribution in [3.8, 4) is 5.75 Å². The molecule has 1 aromatic carbocycles. The van der Waals surface area contributed by atoms with Gasteiger partial charge >= 0.3 is 12.1 Å². The summed E-state index contributed by atoms with van der Waals surface area (Å²) in [5, 5.41) is 14.5. The number of amides is 1. The maximum Gasteiger partial charge on any atom is 0.405 e. The Hall–Kier alpha value is -1.92. The van der Waals surface area contributed by atoms with Crippen molar-refractivity contribution in [1.29, 1.82) is 0 Å². The number of nitrogens with one attached hydrogen (secondary N) is 2. The lowest BCUT2D eigenvalue weighted by Crippen LogP contribution is -2.54. The van der Waals surface area contributed by atoms with E-state index >= 15 is 0 Å². The molecule has 198 valence electrons. The number of hydrogen-bond donors (Lipinski definition) is 3. The third-order valence-electron chi connectivity index (χ3n) is 5.95. The summed E-state index contributed by atoms with van der Waals surface area (Å²) in [7, 11) is 1.58. The fourth-order valence-electron chi connectivity index (χ4n) is 3.80. The topological polar surface area (TPSA) is 87.7 Å². The minimum Gasteiger partial charge on any atom is -0.497 e. The number of hydrogen-bond acceptors (Lipinski definition) is 6. The van der Waals surface area contributed by atoms with Gasteiger partial charge in [0.05, 0.1) is 13.2 Å². The van der Waals surface area contributed by atoms with Gasteiger partial charge in [-0.05, 0) is 30.0 Å². The SMILES string of the molecule is COc1ccc(CS[C@H]2CN[C@H](C(=O)C[C@@H](C(C)C)[C@@H](O)C(F)(F)C(=O)NCC(F)(F)F)C2)cc1. The van der Waals surface area contributed by atoms with Crippen LogP contribution in [0.1, 0.15) is 32.3 Å². The van der Waals surface area contributed by atoms with Crippen molar-refractivity contribution in [3.63, 3.8) is 0 Å². The third-order valence-corrected chi connectivity index (χ3v) is 7.28. The van der Waals surface area contributed by atoms with Crippen LogP contribution in [0.3, 0.4) is 0 Å². The molecule has 1 fully saturated rings. The minimum atomic E-state index is -4.87. The van der Waals surface area contributed by atoms with Gasteiger partial charge in [-0.15, -0.1) is 0 Å². The monoisotopic (exact) mass is 526 g/mol. The zero-order valence-corrected chi connectivity index (χ0v) is 20.5. The zero-order valence-electron chi connectivity index (χ0n) is 19.7. The van der Waals surface area contributed by atoms with Crippen molar-refractivity contribution in [3.05, 3.63) is 29.8 Å². The summed E-state index contributed by atoms with van der Waals surface area (Å²) in [6, 6.07) is 6.99. The van der Waals surface area contributed by atoms with Crippen molar-refractivity contribution in [2.24, 2.45) is 11.8 Å². The fraction of sp³-hybridized carbons (Fsp3) is 0.652. The van der Waals surface area contributed by atoms with E-state index in [9.17, 15) is 36.6 Å². The first-order valence-corrected chi connectivity index (χ1v) is 12.2. The number of thioether (sulfide) groups is 1. The number of aliphatic hydroxyl groups is 1. The van der Waals surface area contributed by atoms with E-state index in [0.29, 0.717) is 18.7 Å². The average molecular weight is 527 g/mol. The van der Waals surface area contributed by atoms with Crippen LogP contribution < -0.4 is 15.4 Å². The molecule has 0 radical (unpaired) electrons. The molecule has 3 N–H and O–H groups in total. The fourth-order valence-corrected chi connectivity index (χ4v) is 4.96. The Morgan fingerprint density at radius 3 is 2.37 bits per heavy atom. The van der Waals surface area contributed by atoms with Gasteiger partial charge in [-0.25, -0.2) is 0 Å². The van der Waals surface area contributed by atoms with Gasteiger partial charge in [0.2, 0.25) is 0 Å². The first-order chi connectivity index (χ1) is 16.2. The summed E-state index contributed by atoms with van der Waals surface area (Å²) in [5.74, 6) is -7.59. The van der Waals surface area contributed by atoms with Crippen LogP contribution in [0.5, 0.6) is 5.75 Å². The van der Waals surface area contributed by atoms with Gasteiger partial charge in [0, 0.05) is 29.9 Å². The number of ether oxygens (including phenoxy) is 1. The summed E-state index contributed by atoms with van der Waals surface area (Å²) >= 11 is 1.65. The normalized spacial score (nSPS) is 20.5. The molecule has 2 rings (SSSR count). The molecule has 0 unspecified atom stereocenters. The number of methoxy groups -OCH3 is 1. The van der Waals surface area contributed by atoms with Gasteiger partial charge in [-0.1, -0.05) is 26.0 Å². The van der Waals surface area contributed by atoms with E-state index in [1.807, 2.05) is 24.3 Å². The van der Waals surface area contributed by atoms with Crippen LogP contribution in [0.4, 0.5) is 22.0 Å². The Labute approximate surface area is 205 Å². The number of ketones is 1. The largest absolute Gasteiger partial charge is 0.497 e. The summed E-state index contributed by atoms with van der Waals surface area (Å²) in [5.41, 5.74) is 1.08. The van der Waals surface area contributed by atoms with Gasteiger partial charge in [-0.2, -0.15) is 33.7 Å². The van der Waals surface area contributed by atoms with Crippen LogP contribution in [-0.4, -0.2) is 66.5 Å². The van der Waals surface area contributed by atoms with E-state index < -0.39 is 55.0 Å². The van der Waals surface area contributed by atoms with Gasteiger partial charge in [0.1, 0.15) is 24.2 Å². The molecule has 0 spiro atoms. The molecular weight excluding hydrogens is 495 g/mol. The van der Waals surface area contributed by atoms with Crippen molar-refractivity contribution < 1.29 is 41.4 Å². The maximum atomic E-state index is 14.4. The van der Waals surface area contributed by atoms with Crippen LogP contribution in [0.25, 0.3) is 0 Å². The lowest BCUT2D eigenvalue weighted by molar-refractivity contribution is -0.178.